The van der Waals surface area contributed by atoms with Crippen LogP contribution in [0.4, 0.5) is 0 Å². The number of rotatable bonds is 4. The number of methoxy groups -OCH3 is 1. The van der Waals surface area contributed by atoms with E-state index >= 15 is 0 Å². The van der Waals surface area contributed by atoms with E-state index in [1.165, 1.54) is 26.4 Å². The first-order valence-electron chi connectivity index (χ1n) is 5.98. The maximum Gasteiger partial charge on any atom is 0.323 e. The molecule has 3 unspecified atom stereocenters. The molecule has 16 heavy (non-hydrogen) atoms. The molecule has 94 valence electrons. The average molecular weight is 245 g/mol. The molecule has 3 atom stereocenters. The smallest absolute Gasteiger partial charge is 0.323 e. The Balaban J connectivity index is 2.29. The van der Waals surface area contributed by atoms with Crippen LogP contribution in [0.15, 0.2) is 0 Å². The second-order valence-electron chi connectivity index (χ2n) is 5.00. The predicted octanol–water partition coefficient (Wildman–Crippen LogP) is 2.04. The van der Waals surface area contributed by atoms with Gasteiger partial charge in [-0.25, -0.2) is 0 Å². The lowest BCUT2D eigenvalue weighted by molar-refractivity contribution is -0.141. The van der Waals surface area contributed by atoms with Crippen molar-refractivity contribution in [3.05, 3.63) is 0 Å². The summed E-state index contributed by atoms with van der Waals surface area (Å²) in [5.74, 6) is 1.98. The van der Waals surface area contributed by atoms with Gasteiger partial charge in [-0.15, -0.1) is 0 Å². The molecular formula is C12H23NO2S. The van der Waals surface area contributed by atoms with Gasteiger partial charge in [0.05, 0.1) is 7.11 Å². The van der Waals surface area contributed by atoms with Gasteiger partial charge in [0.25, 0.3) is 0 Å². The fourth-order valence-electron chi connectivity index (χ4n) is 2.47. The van der Waals surface area contributed by atoms with Gasteiger partial charge < -0.3 is 10.5 Å². The summed E-state index contributed by atoms with van der Waals surface area (Å²) in [4.78, 5) is 11.2. The van der Waals surface area contributed by atoms with E-state index in [1.807, 2.05) is 11.8 Å². The van der Waals surface area contributed by atoms with Crippen LogP contribution in [0.25, 0.3) is 0 Å². The summed E-state index contributed by atoms with van der Waals surface area (Å²) in [5, 5.41) is 0.662. The highest BCUT2D eigenvalue weighted by Crippen LogP contribution is 2.35. The van der Waals surface area contributed by atoms with Gasteiger partial charge in [0.1, 0.15) is 6.04 Å². The average Bonchev–Trinajstić information content (AvgIpc) is 2.23. The van der Waals surface area contributed by atoms with Crippen LogP contribution in [0.5, 0.6) is 0 Å². The fourth-order valence-corrected chi connectivity index (χ4v) is 4.01. The van der Waals surface area contributed by atoms with Crippen molar-refractivity contribution in [2.75, 3.05) is 12.9 Å². The van der Waals surface area contributed by atoms with Gasteiger partial charge in [0.2, 0.25) is 0 Å². The van der Waals surface area contributed by atoms with E-state index in [9.17, 15) is 4.79 Å². The van der Waals surface area contributed by atoms with Crippen LogP contribution in [0, 0.1) is 11.8 Å². The molecule has 0 spiro atoms. The van der Waals surface area contributed by atoms with Gasteiger partial charge in [-0.2, -0.15) is 11.8 Å². The highest BCUT2D eigenvalue weighted by atomic mass is 32.2. The van der Waals surface area contributed by atoms with E-state index in [4.69, 9.17) is 5.73 Å². The number of ether oxygens (including phenoxy) is 1. The normalized spacial score (nSPS) is 32.1. The number of hydrogen-bond acceptors (Lipinski definition) is 4. The van der Waals surface area contributed by atoms with Crippen molar-refractivity contribution in [1.29, 1.82) is 0 Å². The van der Waals surface area contributed by atoms with Gasteiger partial charge in [-0.1, -0.05) is 13.8 Å². The second-order valence-corrected chi connectivity index (χ2v) is 6.34. The Morgan fingerprint density at radius 2 is 1.94 bits per heavy atom. The quantitative estimate of drug-likeness (QED) is 0.770. The summed E-state index contributed by atoms with van der Waals surface area (Å²) < 4.78 is 4.62. The predicted molar refractivity (Wildman–Crippen MR) is 68.4 cm³/mol. The van der Waals surface area contributed by atoms with Crippen LogP contribution in [-0.4, -0.2) is 30.1 Å². The maximum absolute atomic E-state index is 11.2. The van der Waals surface area contributed by atoms with Gasteiger partial charge in [0, 0.05) is 11.0 Å². The van der Waals surface area contributed by atoms with Crippen molar-refractivity contribution in [3.8, 4) is 0 Å². The molecule has 1 saturated carbocycles. The molecule has 0 amide bonds. The molecule has 0 bridgehead atoms. The highest BCUT2D eigenvalue weighted by Gasteiger charge is 2.25. The lowest BCUT2D eigenvalue weighted by Crippen LogP contribution is -2.35. The van der Waals surface area contributed by atoms with E-state index in [-0.39, 0.29) is 5.97 Å². The maximum atomic E-state index is 11.2. The molecule has 1 fully saturated rings. The Labute approximate surface area is 102 Å². The molecule has 0 aromatic heterocycles. The number of nitrogens with two attached hydrogens (primary N) is 1. The van der Waals surface area contributed by atoms with E-state index in [2.05, 4.69) is 18.6 Å². The summed E-state index contributed by atoms with van der Waals surface area (Å²) in [6.07, 6.45) is 3.84. The summed E-state index contributed by atoms with van der Waals surface area (Å²) in [6.45, 7) is 4.62. The SMILES string of the molecule is COC(=O)C(N)CSC1CC(C)CC(C)C1. The monoisotopic (exact) mass is 245 g/mol. The Bertz CT molecular complexity index is 225. The summed E-state index contributed by atoms with van der Waals surface area (Å²) >= 11 is 1.83. The van der Waals surface area contributed by atoms with Crippen molar-refractivity contribution >= 4 is 17.7 Å². The third kappa shape index (κ3) is 4.34. The third-order valence-electron chi connectivity index (χ3n) is 3.15. The number of carbonyl (C=O) groups is 1. The lowest BCUT2D eigenvalue weighted by atomic mass is 9.83. The zero-order valence-corrected chi connectivity index (χ0v) is 11.3. The zero-order valence-electron chi connectivity index (χ0n) is 10.4. The molecule has 1 aliphatic carbocycles. The second kappa shape index (κ2) is 6.50. The molecular weight excluding hydrogens is 222 g/mol. The number of carbonyl (C=O) groups excluding carboxylic acids is 1. The van der Waals surface area contributed by atoms with Crippen molar-refractivity contribution in [2.24, 2.45) is 17.6 Å². The van der Waals surface area contributed by atoms with Crippen LogP contribution in [0.1, 0.15) is 33.1 Å². The van der Waals surface area contributed by atoms with Crippen molar-refractivity contribution in [2.45, 2.75) is 44.4 Å². The van der Waals surface area contributed by atoms with Crippen molar-refractivity contribution in [1.82, 2.24) is 0 Å². The highest BCUT2D eigenvalue weighted by molar-refractivity contribution is 7.99. The Morgan fingerprint density at radius 3 is 2.44 bits per heavy atom. The molecule has 1 aliphatic rings. The minimum absolute atomic E-state index is 0.301. The number of hydrogen-bond donors (Lipinski definition) is 1. The van der Waals surface area contributed by atoms with E-state index in [0.29, 0.717) is 11.0 Å². The molecule has 2 N–H and O–H groups in total. The van der Waals surface area contributed by atoms with Crippen LogP contribution < -0.4 is 5.73 Å². The summed E-state index contributed by atoms with van der Waals surface area (Å²) in [6, 6.07) is -0.470. The molecule has 0 radical (unpaired) electrons. The zero-order chi connectivity index (χ0) is 12.1. The topological polar surface area (TPSA) is 52.3 Å². The molecule has 0 aromatic carbocycles. The molecule has 0 saturated heterocycles. The minimum atomic E-state index is -0.470. The standard InChI is InChI=1S/C12H23NO2S/c1-8-4-9(2)6-10(5-8)16-7-11(13)12(14)15-3/h8-11H,4-7,13H2,1-3H3. The number of esters is 1. The largest absolute Gasteiger partial charge is 0.468 e. The molecule has 4 heteroatoms. The van der Waals surface area contributed by atoms with Gasteiger partial charge in [-0.05, 0) is 31.1 Å². The van der Waals surface area contributed by atoms with Crippen molar-refractivity contribution < 1.29 is 9.53 Å². The minimum Gasteiger partial charge on any atom is -0.468 e. The Hall–Kier alpha value is -0.220. The molecule has 0 aromatic rings. The third-order valence-corrected chi connectivity index (χ3v) is 4.56. The molecule has 1 rings (SSSR count). The first-order chi connectivity index (χ1) is 7.52. The fraction of sp³-hybridized carbons (Fsp3) is 0.917. The van der Waals surface area contributed by atoms with Crippen LogP contribution in [0.3, 0.4) is 0 Å². The van der Waals surface area contributed by atoms with Crippen molar-refractivity contribution in [3.63, 3.8) is 0 Å². The molecule has 0 aliphatic heterocycles. The van der Waals surface area contributed by atoms with E-state index in [0.717, 1.165) is 11.8 Å². The van der Waals surface area contributed by atoms with E-state index < -0.39 is 6.04 Å². The Morgan fingerprint density at radius 1 is 1.38 bits per heavy atom. The summed E-state index contributed by atoms with van der Waals surface area (Å²) in [7, 11) is 1.39. The molecule has 0 heterocycles. The lowest BCUT2D eigenvalue weighted by Gasteiger charge is -2.31. The van der Waals surface area contributed by atoms with Gasteiger partial charge in [-0.3, -0.25) is 4.79 Å². The molecule has 3 nitrogen and oxygen atoms in total. The van der Waals surface area contributed by atoms with E-state index in [1.54, 1.807) is 0 Å². The Kier molecular flexibility index (Phi) is 5.62. The first kappa shape index (κ1) is 13.8. The number of thioether (sulfide) groups is 1. The van der Waals surface area contributed by atoms with Crippen LogP contribution in [0.2, 0.25) is 0 Å². The van der Waals surface area contributed by atoms with Crippen LogP contribution >= 0.6 is 11.8 Å². The van der Waals surface area contributed by atoms with Gasteiger partial charge >= 0.3 is 5.97 Å². The van der Waals surface area contributed by atoms with Gasteiger partial charge in [0.15, 0.2) is 0 Å². The van der Waals surface area contributed by atoms with Crippen LogP contribution in [-0.2, 0) is 9.53 Å². The summed E-state index contributed by atoms with van der Waals surface area (Å²) in [5.41, 5.74) is 5.72. The first-order valence-corrected chi connectivity index (χ1v) is 7.02.